The van der Waals surface area contributed by atoms with E-state index in [2.05, 4.69) is 4.90 Å². The number of rotatable bonds is 4. The van der Waals surface area contributed by atoms with E-state index in [0.717, 1.165) is 32.8 Å². The predicted octanol–water partition coefficient (Wildman–Crippen LogP) is 2.22. The molecule has 1 aliphatic rings. The average Bonchev–Trinajstić information content (AvgIpc) is 2.40. The lowest BCUT2D eigenvalue weighted by Gasteiger charge is -2.28. The molecule has 0 N–H and O–H groups in total. The Labute approximate surface area is 118 Å². The van der Waals surface area contributed by atoms with Crippen molar-refractivity contribution < 1.29 is 14.3 Å². The van der Waals surface area contributed by atoms with Crippen LogP contribution in [0.2, 0.25) is 5.02 Å². The van der Waals surface area contributed by atoms with Crippen LogP contribution < -0.4 is 0 Å². The molecule has 4 nitrogen and oxygen atoms in total. The van der Waals surface area contributed by atoms with Crippen LogP contribution in [0.15, 0.2) is 24.3 Å². The minimum absolute atomic E-state index is 0.165. The lowest BCUT2D eigenvalue weighted by atomic mass is 10.2. The molecule has 0 amide bonds. The number of carbonyl (C=O) groups is 1. The largest absolute Gasteiger partial charge is 0.458 e. The molecule has 19 heavy (non-hydrogen) atoms. The van der Waals surface area contributed by atoms with E-state index in [-0.39, 0.29) is 12.1 Å². The van der Waals surface area contributed by atoms with Crippen molar-refractivity contribution in [2.45, 2.75) is 13.0 Å². The highest BCUT2D eigenvalue weighted by Gasteiger charge is 2.18. The lowest BCUT2D eigenvalue weighted by Crippen LogP contribution is -2.41. The van der Waals surface area contributed by atoms with Crippen molar-refractivity contribution in [2.24, 2.45) is 0 Å². The first-order chi connectivity index (χ1) is 9.16. The van der Waals surface area contributed by atoms with E-state index in [4.69, 9.17) is 21.1 Å². The minimum Gasteiger partial charge on any atom is -0.458 e. The topological polar surface area (TPSA) is 38.8 Å². The zero-order valence-corrected chi connectivity index (χ0v) is 11.7. The molecule has 1 aromatic rings. The summed E-state index contributed by atoms with van der Waals surface area (Å²) in [5, 5.41) is 0.422. The van der Waals surface area contributed by atoms with Gasteiger partial charge >= 0.3 is 5.97 Å². The monoisotopic (exact) mass is 283 g/mol. The molecule has 0 bridgehead atoms. The lowest BCUT2D eigenvalue weighted by molar-refractivity contribution is 0.000459. The summed E-state index contributed by atoms with van der Waals surface area (Å²) < 4.78 is 10.7. The molecule has 1 saturated heterocycles. The van der Waals surface area contributed by atoms with Crippen molar-refractivity contribution >= 4 is 17.6 Å². The molecule has 104 valence electrons. The summed E-state index contributed by atoms with van der Waals surface area (Å²) in [5.74, 6) is -0.369. The number of hydrogen-bond acceptors (Lipinski definition) is 4. The molecule has 1 fully saturated rings. The van der Waals surface area contributed by atoms with Crippen molar-refractivity contribution in [2.75, 3.05) is 32.8 Å². The number of ether oxygens (including phenoxy) is 2. The van der Waals surface area contributed by atoms with E-state index in [1.165, 1.54) is 0 Å². The van der Waals surface area contributed by atoms with Crippen molar-refractivity contribution in [3.8, 4) is 0 Å². The first kappa shape index (κ1) is 14.3. The number of benzene rings is 1. The van der Waals surface area contributed by atoms with Gasteiger partial charge in [0, 0.05) is 19.6 Å². The number of nitrogens with zero attached hydrogens (tertiary/aromatic N) is 1. The van der Waals surface area contributed by atoms with E-state index in [1.807, 2.05) is 6.92 Å². The van der Waals surface area contributed by atoms with E-state index in [9.17, 15) is 4.79 Å². The quantitative estimate of drug-likeness (QED) is 0.794. The maximum Gasteiger partial charge on any atom is 0.339 e. The van der Waals surface area contributed by atoms with Crippen LogP contribution in [0.25, 0.3) is 0 Å². The summed E-state index contributed by atoms with van der Waals surface area (Å²) >= 11 is 5.97. The molecule has 2 rings (SSSR count). The Morgan fingerprint density at radius 2 is 2.11 bits per heavy atom. The molecular formula is C14H18ClNO3. The number of halogens is 1. The van der Waals surface area contributed by atoms with Gasteiger partial charge in [-0.15, -0.1) is 0 Å². The normalized spacial score (nSPS) is 18.0. The second-order valence-electron chi connectivity index (χ2n) is 4.61. The van der Waals surface area contributed by atoms with Crippen molar-refractivity contribution in [1.82, 2.24) is 4.90 Å². The average molecular weight is 284 g/mol. The third kappa shape index (κ3) is 4.20. The fourth-order valence-corrected chi connectivity index (χ4v) is 2.27. The fourth-order valence-electron chi connectivity index (χ4n) is 2.06. The molecule has 0 unspecified atom stereocenters. The molecule has 5 heteroatoms. The second-order valence-corrected chi connectivity index (χ2v) is 5.02. The first-order valence-electron chi connectivity index (χ1n) is 6.42. The summed E-state index contributed by atoms with van der Waals surface area (Å²) in [5.41, 5.74) is 0.415. The molecule has 1 atom stereocenters. The highest BCUT2D eigenvalue weighted by Crippen LogP contribution is 2.16. The van der Waals surface area contributed by atoms with Gasteiger partial charge in [-0.3, -0.25) is 4.90 Å². The van der Waals surface area contributed by atoms with Gasteiger partial charge in [0.05, 0.1) is 23.8 Å². The van der Waals surface area contributed by atoms with Crippen LogP contribution in [0, 0.1) is 0 Å². The number of carbonyl (C=O) groups excluding carboxylic acids is 1. The summed E-state index contributed by atoms with van der Waals surface area (Å²) in [6, 6.07) is 6.92. The zero-order chi connectivity index (χ0) is 13.7. The van der Waals surface area contributed by atoms with Gasteiger partial charge in [-0.25, -0.2) is 4.79 Å². The van der Waals surface area contributed by atoms with Crippen LogP contribution in [0.4, 0.5) is 0 Å². The minimum atomic E-state index is -0.369. The summed E-state index contributed by atoms with van der Waals surface area (Å²) in [6.07, 6.45) is -0.165. The van der Waals surface area contributed by atoms with Crippen LogP contribution in [0.3, 0.4) is 0 Å². The standard InChI is InChI=1S/C14H18ClNO3/c1-11(10-16-6-8-18-9-7-16)19-14(17)12-4-2-3-5-13(12)15/h2-5,11H,6-10H2,1H3/t11-/m0/s1. The van der Waals surface area contributed by atoms with Gasteiger partial charge in [-0.1, -0.05) is 23.7 Å². The highest BCUT2D eigenvalue weighted by molar-refractivity contribution is 6.33. The molecule has 1 aromatic carbocycles. The maximum atomic E-state index is 12.0. The van der Waals surface area contributed by atoms with Crippen LogP contribution in [-0.2, 0) is 9.47 Å². The Bertz CT molecular complexity index is 432. The van der Waals surface area contributed by atoms with Gasteiger partial charge in [0.15, 0.2) is 0 Å². The summed E-state index contributed by atoms with van der Waals surface area (Å²) in [4.78, 5) is 14.2. The van der Waals surface area contributed by atoms with Gasteiger partial charge in [0.25, 0.3) is 0 Å². The van der Waals surface area contributed by atoms with Crippen LogP contribution >= 0.6 is 11.6 Å². The Morgan fingerprint density at radius 1 is 1.42 bits per heavy atom. The summed E-state index contributed by atoms with van der Waals surface area (Å²) in [7, 11) is 0. The number of hydrogen-bond donors (Lipinski definition) is 0. The molecule has 0 aromatic heterocycles. The van der Waals surface area contributed by atoms with Gasteiger partial charge in [-0.2, -0.15) is 0 Å². The third-order valence-electron chi connectivity index (χ3n) is 3.02. The molecule has 0 radical (unpaired) electrons. The third-order valence-corrected chi connectivity index (χ3v) is 3.35. The van der Waals surface area contributed by atoms with Gasteiger partial charge in [0.1, 0.15) is 6.10 Å². The van der Waals surface area contributed by atoms with Crippen LogP contribution in [-0.4, -0.2) is 49.8 Å². The van der Waals surface area contributed by atoms with Crippen molar-refractivity contribution in [3.63, 3.8) is 0 Å². The molecular weight excluding hydrogens is 266 g/mol. The smallest absolute Gasteiger partial charge is 0.339 e. The Kier molecular flexibility index (Phi) is 5.19. The van der Waals surface area contributed by atoms with Gasteiger partial charge in [-0.05, 0) is 19.1 Å². The molecule has 1 aliphatic heterocycles. The van der Waals surface area contributed by atoms with Gasteiger partial charge < -0.3 is 9.47 Å². The van der Waals surface area contributed by atoms with E-state index in [0.29, 0.717) is 10.6 Å². The molecule has 0 spiro atoms. The highest BCUT2D eigenvalue weighted by atomic mass is 35.5. The zero-order valence-electron chi connectivity index (χ0n) is 11.0. The first-order valence-corrected chi connectivity index (χ1v) is 6.80. The van der Waals surface area contributed by atoms with Crippen LogP contribution in [0.5, 0.6) is 0 Å². The second kappa shape index (κ2) is 6.89. The maximum absolute atomic E-state index is 12.0. The fraction of sp³-hybridized carbons (Fsp3) is 0.500. The molecule has 0 aliphatic carbocycles. The van der Waals surface area contributed by atoms with E-state index in [1.54, 1.807) is 24.3 Å². The van der Waals surface area contributed by atoms with Crippen LogP contribution in [0.1, 0.15) is 17.3 Å². The SMILES string of the molecule is C[C@@H](CN1CCOCC1)OC(=O)c1ccccc1Cl. The molecule has 0 saturated carbocycles. The molecule has 1 heterocycles. The Hall–Kier alpha value is -1.10. The van der Waals surface area contributed by atoms with E-state index >= 15 is 0 Å². The van der Waals surface area contributed by atoms with Crippen molar-refractivity contribution in [3.05, 3.63) is 34.9 Å². The van der Waals surface area contributed by atoms with E-state index < -0.39 is 0 Å². The number of esters is 1. The summed E-state index contributed by atoms with van der Waals surface area (Å²) in [6.45, 7) is 5.86. The predicted molar refractivity (Wildman–Crippen MR) is 73.6 cm³/mol. The van der Waals surface area contributed by atoms with Crippen molar-refractivity contribution in [1.29, 1.82) is 0 Å². The Morgan fingerprint density at radius 3 is 2.79 bits per heavy atom. The number of morpholine rings is 1. The Balaban J connectivity index is 1.86. The van der Waals surface area contributed by atoms with Gasteiger partial charge in [0.2, 0.25) is 0 Å².